The second-order valence-corrected chi connectivity index (χ2v) is 5.11. The number of benzene rings is 1. The van der Waals surface area contributed by atoms with Crippen molar-refractivity contribution in [1.29, 1.82) is 0 Å². The number of pyridine rings is 1. The topological polar surface area (TPSA) is 64.9 Å². The van der Waals surface area contributed by atoms with E-state index in [0.717, 1.165) is 0 Å². The van der Waals surface area contributed by atoms with Gasteiger partial charge in [0.05, 0.1) is 19.3 Å². The Bertz CT molecular complexity index is 944. The van der Waals surface area contributed by atoms with Gasteiger partial charge in [-0.05, 0) is 24.3 Å². The van der Waals surface area contributed by atoms with E-state index in [4.69, 9.17) is 4.74 Å². The standard InChI is InChI=1S/C17H15F2N3O3/c1-24-13-6-5-11(8-14(13)25-17(18)19)20-10-12-9-16(23)22-7-3-2-4-15(22)21-12/h2-9,17,20H,10H2,1H3. The maximum absolute atomic E-state index is 12.5. The van der Waals surface area contributed by atoms with Crippen LogP contribution < -0.4 is 20.3 Å². The van der Waals surface area contributed by atoms with E-state index < -0.39 is 6.61 Å². The molecule has 0 fully saturated rings. The van der Waals surface area contributed by atoms with E-state index in [9.17, 15) is 13.6 Å². The number of ether oxygens (including phenoxy) is 2. The second kappa shape index (κ2) is 7.16. The van der Waals surface area contributed by atoms with Gasteiger partial charge in [-0.15, -0.1) is 0 Å². The molecule has 0 aliphatic rings. The summed E-state index contributed by atoms with van der Waals surface area (Å²) in [6, 6.07) is 11.3. The van der Waals surface area contributed by atoms with Gasteiger partial charge in [-0.2, -0.15) is 8.78 Å². The molecule has 0 unspecified atom stereocenters. The van der Waals surface area contributed by atoms with Crippen LogP contribution in [0.25, 0.3) is 5.65 Å². The molecule has 25 heavy (non-hydrogen) atoms. The molecule has 130 valence electrons. The molecule has 0 aliphatic heterocycles. The smallest absolute Gasteiger partial charge is 0.387 e. The van der Waals surface area contributed by atoms with Crippen LogP contribution in [-0.4, -0.2) is 23.1 Å². The van der Waals surface area contributed by atoms with Gasteiger partial charge >= 0.3 is 6.61 Å². The second-order valence-electron chi connectivity index (χ2n) is 5.11. The number of hydrogen-bond acceptors (Lipinski definition) is 5. The van der Waals surface area contributed by atoms with E-state index in [1.807, 2.05) is 0 Å². The Morgan fingerprint density at radius 3 is 2.80 bits per heavy atom. The van der Waals surface area contributed by atoms with Crippen LogP contribution in [0.5, 0.6) is 11.5 Å². The fourth-order valence-electron chi connectivity index (χ4n) is 2.36. The lowest BCUT2D eigenvalue weighted by Gasteiger charge is -2.12. The SMILES string of the molecule is COc1ccc(NCc2cc(=O)n3ccccc3n2)cc1OC(F)F. The molecule has 0 spiro atoms. The summed E-state index contributed by atoms with van der Waals surface area (Å²) >= 11 is 0. The summed E-state index contributed by atoms with van der Waals surface area (Å²) in [7, 11) is 1.37. The first-order chi connectivity index (χ1) is 12.1. The van der Waals surface area contributed by atoms with E-state index in [1.165, 1.54) is 29.7 Å². The lowest BCUT2D eigenvalue weighted by atomic mass is 10.2. The monoisotopic (exact) mass is 347 g/mol. The lowest BCUT2D eigenvalue weighted by molar-refractivity contribution is -0.0511. The van der Waals surface area contributed by atoms with Crippen molar-refractivity contribution in [2.45, 2.75) is 13.2 Å². The van der Waals surface area contributed by atoms with Gasteiger partial charge in [-0.3, -0.25) is 9.20 Å². The zero-order chi connectivity index (χ0) is 17.8. The van der Waals surface area contributed by atoms with Crippen LogP contribution >= 0.6 is 0 Å². The zero-order valence-corrected chi connectivity index (χ0v) is 13.3. The molecule has 1 N–H and O–H groups in total. The Hall–Kier alpha value is -3.16. The predicted octanol–water partition coefficient (Wildman–Crippen LogP) is 2.92. The average Bonchev–Trinajstić information content (AvgIpc) is 2.60. The summed E-state index contributed by atoms with van der Waals surface area (Å²) in [6.45, 7) is -2.70. The Balaban J connectivity index is 1.80. The fourth-order valence-corrected chi connectivity index (χ4v) is 2.36. The molecule has 0 saturated carbocycles. The predicted molar refractivity (Wildman–Crippen MR) is 88.4 cm³/mol. The summed E-state index contributed by atoms with van der Waals surface area (Å²) in [4.78, 5) is 16.4. The van der Waals surface area contributed by atoms with Crippen LogP contribution in [0.3, 0.4) is 0 Å². The maximum Gasteiger partial charge on any atom is 0.387 e. The number of fused-ring (bicyclic) bond motifs is 1. The molecule has 0 amide bonds. The van der Waals surface area contributed by atoms with E-state index in [-0.39, 0.29) is 23.6 Å². The number of aromatic nitrogens is 2. The molecule has 0 atom stereocenters. The van der Waals surface area contributed by atoms with Crippen molar-refractivity contribution in [3.63, 3.8) is 0 Å². The first kappa shape index (κ1) is 16.7. The number of nitrogens with zero attached hydrogens (tertiary/aromatic N) is 2. The molecule has 3 aromatic rings. The Kier molecular flexibility index (Phi) is 4.78. The first-order valence-electron chi connectivity index (χ1n) is 7.41. The minimum Gasteiger partial charge on any atom is -0.493 e. The molecule has 0 radical (unpaired) electrons. The number of halogens is 2. The molecule has 0 saturated heterocycles. The van der Waals surface area contributed by atoms with Crippen molar-refractivity contribution in [2.24, 2.45) is 0 Å². The van der Waals surface area contributed by atoms with E-state index in [2.05, 4.69) is 15.0 Å². The summed E-state index contributed by atoms with van der Waals surface area (Å²) in [6.07, 6.45) is 1.64. The number of anilines is 1. The first-order valence-corrected chi connectivity index (χ1v) is 7.41. The molecule has 1 aromatic carbocycles. The summed E-state index contributed by atoms with van der Waals surface area (Å²) in [5, 5.41) is 3.03. The van der Waals surface area contributed by atoms with Crippen molar-refractivity contribution in [3.05, 3.63) is 64.7 Å². The van der Waals surface area contributed by atoms with Gasteiger partial charge in [0, 0.05) is 24.0 Å². The highest BCUT2D eigenvalue weighted by molar-refractivity contribution is 5.55. The van der Waals surface area contributed by atoms with Gasteiger partial charge < -0.3 is 14.8 Å². The van der Waals surface area contributed by atoms with E-state index in [1.54, 1.807) is 30.5 Å². The van der Waals surface area contributed by atoms with Gasteiger partial charge in [-0.1, -0.05) is 6.07 Å². The Morgan fingerprint density at radius 2 is 2.04 bits per heavy atom. The maximum atomic E-state index is 12.5. The molecular weight excluding hydrogens is 332 g/mol. The van der Waals surface area contributed by atoms with Crippen LogP contribution in [0.1, 0.15) is 5.69 Å². The zero-order valence-electron chi connectivity index (χ0n) is 13.3. The van der Waals surface area contributed by atoms with Crippen LogP contribution in [0.4, 0.5) is 14.5 Å². The van der Waals surface area contributed by atoms with Crippen LogP contribution in [-0.2, 0) is 6.54 Å². The quantitative estimate of drug-likeness (QED) is 0.743. The lowest BCUT2D eigenvalue weighted by Crippen LogP contribution is -2.16. The summed E-state index contributed by atoms with van der Waals surface area (Å²) in [5.41, 5.74) is 1.40. The summed E-state index contributed by atoms with van der Waals surface area (Å²) in [5.74, 6) is 0.127. The van der Waals surface area contributed by atoms with Crippen LogP contribution in [0.15, 0.2) is 53.5 Å². The molecule has 2 heterocycles. The van der Waals surface area contributed by atoms with E-state index >= 15 is 0 Å². The Morgan fingerprint density at radius 1 is 1.20 bits per heavy atom. The third-order valence-electron chi connectivity index (χ3n) is 3.48. The van der Waals surface area contributed by atoms with Gasteiger partial charge in [-0.25, -0.2) is 4.98 Å². The highest BCUT2D eigenvalue weighted by atomic mass is 19.3. The number of hydrogen-bond donors (Lipinski definition) is 1. The molecule has 6 nitrogen and oxygen atoms in total. The average molecular weight is 347 g/mol. The third-order valence-corrected chi connectivity index (χ3v) is 3.48. The van der Waals surface area contributed by atoms with Gasteiger partial charge in [0.1, 0.15) is 5.65 Å². The minimum atomic E-state index is -2.95. The van der Waals surface area contributed by atoms with Crippen molar-refractivity contribution < 1.29 is 18.3 Å². The number of rotatable bonds is 6. The highest BCUT2D eigenvalue weighted by Crippen LogP contribution is 2.31. The third kappa shape index (κ3) is 3.85. The van der Waals surface area contributed by atoms with Crippen molar-refractivity contribution in [1.82, 2.24) is 9.38 Å². The number of methoxy groups -OCH3 is 1. The number of alkyl halides is 2. The Labute approximate surface area is 141 Å². The molecule has 0 aliphatic carbocycles. The van der Waals surface area contributed by atoms with Crippen molar-refractivity contribution >= 4 is 11.3 Å². The largest absolute Gasteiger partial charge is 0.493 e. The molecule has 2 aromatic heterocycles. The number of nitrogens with one attached hydrogen (secondary N) is 1. The molecule has 8 heteroatoms. The van der Waals surface area contributed by atoms with Crippen LogP contribution in [0, 0.1) is 0 Å². The fraction of sp³-hybridized carbons (Fsp3) is 0.176. The van der Waals surface area contributed by atoms with Crippen LogP contribution in [0.2, 0.25) is 0 Å². The van der Waals surface area contributed by atoms with Gasteiger partial charge in [0.2, 0.25) is 0 Å². The minimum absolute atomic E-state index is 0.0750. The molecule has 3 rings (SSSR count). The normalized spacial score (nSPS) is 10.9. The highest BCUT2D eigenvalue weighted by Gasteiger charge is 2.11. The van der Waals surface area contributed by atoms with E-state index in [0.29, 0.717) is 17.0 Å². The summed E-state index contributed by atoms with van der Waals surface area (Å²) < 4.78 is 35.8. The van der Waals surface area contributed by atoms with Gasteiger partial charge in [0.15, 0.2) is 11.5 Å². The van der Waals surface area contributed by atoms with Gasteiger partial charge in [0.25, 0.3) is 5.56 Å². The molecular formula is C17H15F2N3O3. The molecule has 0 bridgehead atoms. The van der Waals surface area contributed by atoms with Crippen molar-refractivity contribution in [3.8, 4) is 11.5 Å². The van der Waals surface area contributed by atoms with Crippen molar-refractivity contribution in [2.75, 3.05) is 12.4 Å².